The summed E-state index contributed by atoms with van der Waals surface area (Å²) in [6.07, 6.45) is 1.23. The van der Waals surface area contributed by atoms with Crippen LogP contribution in [0.2, 0.25) is 5.04 Å². The van der Waals surface area contributed by atoms with E-state index in [-0.39, 0.29) is 17.1 Å². The molecule has 33 heavy (non-hydrogen) atoms. The summed E-state index contributed by atoms with van der Waals surface area (Å²) in [7, 11) is -1.33. The summed E-state index contributed by atoms with van der Waals surface area (Å²) in [6.45, 7) is 6.77. The lowest BCUT2D eigenvalue weighted by atomic mass is 10.0. The van der Waals surface area contributed by atoms with Crippen molar-refractivity contribution in [2.24, 2.45) is 0 Å². The summed E-state index contributed by atoms with van der Waals surface area (Å²) in [5, 5.41) is 2.26. The molecule has 0 spiro atoms. The molecule has 0 aromatic heterocycles. The van der Waals surface area contributed by atoms with Gasteiger partial charge < -0.3 is 9.16 Å². The van der Waals surface area contributed by atoms with E-state index in [2.05, 4.69) is 81.4 Å². The van der Waals surface area contributed by atoms with E-state index in [0.29, 0.717) is 5.57 Å². The van der Waals surface area contributed by atoms with Crippen LogP contribution in [0.1, 0.15) is 39.2 Å². The molecule has 0 bridgehead atoms. The first-order chi connectivity index (χ1) is 15.9. The third kappa shape index (κ3) is 4.33. The molecule has 170 valence electrons. The Hall–Kier alpha value is -2.95. The lowest BCUT2D eigenvalue weighted by Crippen LogP contribution is -2.67. The lowest BCUT2D eigenvalue weighted by molar-refractivity contribution is -0.136. The molecular formula is C29H32O3Si. The molecule has 1 atom stereocenters. The van der Waals surface area contributed by atoms with Gasteiger partial charge in [0.05, 0.1) is 18.8 Å². The van der Waals surface area contributed by atoms with Gasteiger partial charge >= 0.3 is 5.97 Å². The number of rotatable bonds is 6. The van der Waals surface area contributed by atoms with Gasteiger partial charge in [0.2, 0.25) is 0 Å². The highest BCUT2D eigenvalue weighted by atomic mass is 28.4. The van der Waals surface area contributed by atoms with Crippen LogP contribution in [0.25, 0.3) is 5.57 Å². The van der Waals surface area contributed by atoms with E-state index in [1.807, 2.05) is 30.3 Å². The van der Waals surface area contributed by atoms with Crippen molar-refractivity contribution in [2.75, 3.05) is 7.11 Å². The van der Waals surface area contributed by atoms with Gasteiger partial charge in [-0.15, -0.1) is 0 Å². The van der Waals surface area contributed by atoms with Gasteiger partial charge in [-0.25, -0.2) is 4.79 Å². The van der Waals surface area contributed by atoms with Crippen LogP contribution in [-0.2, 0) is 14.0 Å². The summed E-state index contributed by atoms with van der Waals surface area (Å²) in [6, 6.07) is 31.2. The molecule has 0 saturated heterocycles. The van der Waals surface area contributed by atoms with Crippen LogP contribution in [0.4, 0.5) is 0 Å². The molecule has 4 rings (SSSR count). The smallest absolute Gasteiger partial charge is 0.336 e. The van der Waals surface area contributed by atoms with Crippen LogP contribution in [-0.4, -0.2) is 27.5 Å². The van der Waals surface area contributed by atoms with Crippen molar-refractivity contribution in [3.05, 3.63) is 102 Å². The van der Waals surface area contributed by atoms with E-state index >= 15 is 0 Å². The topological polar surface area (TPSA) is 35.5 Å². The molecule has 3 nitrogen and oxygen atoms in total. The first-order valence-electron chi connectivity index (χ1n) is 11.5. The van der Waals surface area contributed by atoms with Crippen molar-refractivity contribution >= 4 is 30.2 Å². The van der Waals surface area contributed by atoms with Crippen LogP contribution < -0.4 is 10.4 Å². The molecule has 1 unspecified atom stereocenters. The van der Waals surface area contributed by atoms with Crippen molar-refractivity contribution in [2.45, 2.75) is 44.8 Å². The van der Waals surface area contributed by atoms with Gasteiger partial charge in [-0.3, -0.25) is 0 Å². The number of carbonyl (C=O) groups is 1. The number of benzene rings is 3. The maximum absolute atomic E-state index is 13.1. The predicted molar refractivity (Wildman–Crippen MR) is 137 cm³/mol. The first kappa shape index (κ1) is 23.2. The fourth-order valence-corrected chi connectivity index (χ4v) is 9.75. The lowest BCUT2D eigenvalue weighted by Gasteiger charge is -2.45. The molecule has 0 fully saturated rings. The molecule has 1 aliphatic rings. The van der Waals surface area contributed by atoms with Gasteiger partial charge in [0.1, 0.15) is 0 Å². The monoisotopic (exact) mass is 456 g/mol. The standard InChI is InChI=1S/C29H32O3Si/c1-29(2,3)33(23-16-10-6-11-17-23,24-18-12-7-13-19-24)32-26-21-20-25(27(26)28(30)31-4)22-14-8-5-9-15-22/h5-19,26H,20-21H2,1-4H3. The molecule has 3 aromatic rings. The zero-order valence-electron chi connectivity index (χ0n) is 19.9. The normalized spacial score (nSPS) is 16.7. The minimum Gasteiger partial charge on any atom is -0.466 e. The second-order valence-corrected chi connectivity index (χ2v) is 13.8. The third-order valence-corrected chi connectivity index (χ3v) is 11.6. The van der Waals surface area contributed by atoms with Crippen LogP contribution in [0, 0.1) is 0 Å². The van der Waals surface area contributed by atoms with Crippen molar-refractivity contribution in [3.8, 4) is 0 Å². The Labute approximate surface area is 198 Å². The van der Waals surface area contributed by atoms with Gasteiger partial charge in [-0.2, -0.15) is 0 Å². The van der Waals surface area contributed by atoms with Crippen LogP contribution in [0.15, 0.2) is 96.6 Å². The summed E-state index contributed by atoms with van der Waals surface area (Å²) >= 11 is 0. The van der Waals surface area contributed by atoms with Gasteiger partial charge in [0.15, 0.2) is 0 Å². The van der Waals surface area contributed by atoms with E-state index in [9.17, 15) is 4.79 Å². The fraction of sp³-hybridized carbons (Fsp3) is 0.276. The number of hydrogen-bond acceptors (Lipinski definition) is 3. The third-order valence-electron chi connectivity index (χ3n) is 6.57. The number of esters is 1. The average Bonchev–Trinajstić information content (AvgIpc) is 3.26. The zero-order chi connectivity index (χ0) is 23.5. The number of methoxy groups -OCH3 is 1. The molecule has 0 heterocycles. The van der Waals surface area contributed by atoms with E-state index in [1.165, 1.54) is 17.5 Å². The van der Waals surface area contributed by atoms with E-state index in [4.69, 9.17) is 9.16 Å². The molecule has 0 aliphatic heterocycles. The van der Waals surface area contributed by atoms with Crippen molar-refractivity contribution in [1.29, 1.82) is 0 Å². The Morgan fingerprint density at radius 2 is 1.30 bits per heavy atom. The number of ether oxygens (including phenoxy) is 1. The fourth-order valence-electron chi connectivity index (χ4n) is 5.08. The van der Waals surface area contributed by atoms with Gasteiger partial charge in [0, 0.05) is 0 Å². The molecular weight excluding hydrogens is 424 g/mol. The van der Waals surface area contributed by atoms with Crippen molar-refractivity contribution in [3.63, 3.8) is 0 Å². The van der Waals surface area contributed by atoms with Crippen LogP contribution in [0.5, 0.6) is 0 Å². The highest BCUT2D eigenvalue weighted by molar-refractivity contribution is 6.99. The number of carbonyl (C=O) groups excluding carboxylic acids is 1. The van der Waals surface area contributed by atoms with Gasteiger partial charge in [0.25, 0.3) is 8.32 Å². The van der Waals surface area contributed by atoms with Gasteiger partial charge in [-0.05, 0) is 39.4 Å². The SMILES string of the molecule is COC(=O)C1=C(c2ccccc2)CCC1O[Si](c1ccccc1)(c1ccccc1)C(C)(C)C. The van der Waals surface area contributed by atoms with E-state index in [1.54, 1.807) is 0 Å². The second-order valence-electron chi connectivity index (χ2n) is 9.56. The summed E-state index contributed by atoms with van der Waals surface area (Å²) in [5.41, 5.74) is 2.76. The van der Waals surface area contributed by atoms with Crippen LogP contribution >= 0.6 is 0 Å². The molecule has 0 amide bonds. The van der Waals surface area contributed by atoms with Gasteiger partial charge in [-0.1, -0.05) is 112 Å². The Bertz CT molecular complexity index is 1080. The maximum atomic E-state index is 13.1. The molecule has 4 heteroatoms. The van der Waals surface area contributed by atoms with Crippen molar-refractivity contribution < 1.29 is 14.0 Å². The molecule has 0 N–H and O–H groups in total. The minimum absolute atomic E-state index is 0.160. The predicted octanol–water partition coefficient (Wildman–Crippen LogP) is 5.35. The Kier molecular flexibility index (Phi) is 6.68. The average molecular weight is 457 g/mol. The molecule has 0 radical (unpaired) electrons. The summed E-state index contributed by atoms with van der Waals surface area (Å²) < 4.78 is 12.6. The number of hydrogen-bond donors (Lipinski definition) is 0. The molecule has 1 aliphatic carbocycles. The van der Waals surface area contributed by atoms with Crippen LogP contribution in [0.3, 0.4) is 0 Å². The summed E-state index contributed by atoms with van der Waals surface area (Å²) in [5.74, 6) is -0.297. The molecule has 3 aromatic carbocycles. The Morgan fingerprint density at radius 3 is 1.76 bits per heavy atom. The highest BCUT2D eigenvalue weighted by Gasteiger charge is 2.53. The minimum atomic E-state index is -2.79. The summed E-state index contributed by atoms with van der Waals surface area (Å²) in [4.78, 5) is 13.1. The van der Waals surface area contributed by atoms with E-state index < -0.39 is 8.32 Å². The maximum Gasteiger partial charge on any atom is 0.336 e. The highest BCUT2D eigenvalue weighted by Crippen LogP contribution is 2.43. The Morgan fingerprint density at radius 1 is 0.818 bits per heavy atom. The largest absolute Gasteiger partial charge is 0.466 e. The Balaban J connectivity index is 1.90. The van der Waals surface area contributed by atoms with E-state index in [0.717, 1.165) is 24.0 Å². The second kappa shape index (κ2) is 9.50. The zero-order valence-corrected chi connectivity index (χ0v) is 20.9. The van der Waals surface area contributed by atoms with Crippen molar-refractivity contribution in [1.82, 2.24) is 0 Å². The number of allylic oxidation sites excluding steroid dienone is 1. The first-order valence-corrected chi connectivity index (χ1v) is 13.4. The molecule has 0 saturated carbocycles. The quantitative estimate of drug-likeness (QED) is 0.370.